The van der Waals surface area contributed by atoms with E-state index in [9.17, 15) is 9.18 Å². The number of hydrogen-bond donors (Lipinski definition) is 1. The lowest BCUT2D eigenvalue weighted by Crippen LogP contribution is -2.11. The van der Waals surface area contributed by atoms with Crippen molar-refractivity contribution in [2.75, 3.05) is 5.32 Å². The number of nitrogens with zero attached hydrogens (tertiary/aromatic N) is 3. The molecule has 4 rings (SSSR count). The van der Waals surface area contributed by atoms with Crippen molar-refractivity contribution >= 4 is 22.6 Å². The first-order valence-electron chi connectivity index (χ1n) is 8.06. The number of aryl methyl sites for hydroxylation is 1. The van der Waals surface area contributed by atoms with Crippen molar-refractivity contribution in [3.8, 4) is 11.4 Å². The largest absolute Gasteiger partial charge is 0.327 e. The molecule has 4 aromatic rings. The highest BCUT2D eigenvalue weighted by molar-refractivity contribution is 6.05. The van der Waals surface area contributed by atoms with E-state index < -0.39 is 5.95 Å². The Morgan fingerprint density at radius 2 is 1.88 bits per heavy atom. The lowest BCUT2D eigenvalue weighted by Gasteiger charge is -2.06. The molecular formula is C20H15FN4O. The minimum atomic E-state index is -0.551. The van der Waals surface area contributed by atoms with Crippen molar-refractivity contribution in [2.24, 2.45) is 7.05 Å². The minimum absolute atomic E-state index is 0.177. The van der Waals surface area contributed by atoms with Crippen LogP contribution < -0.4 is 5.32 Å². The van der Waals surface area contributed by atoms with Gasteiger partial charge in [0.1, 0.15) is 5.82 Å². The molecule has 0 fully saturated rings. The van der Waals surface area contributed by atoms with Crippen molar-refractivity contribution < 1.29 is 9.18 Å². The number of benzene rings is 2. The van der Waals surface area contributed by atoms with Crippen molar-refractivity contribution in [2.45, 2.75) is 0 Å². The number of fused-ring (bicyclic) bond motifs is 1. The number of nitrogens with one attached hydrogen (secondary N) is 1. The standard InChI is InChI=1S/C20H15FN4O/c1-25-17-12-15(23-20(26)13-5-3-2-4-6-13)7-8-16(17)24-19(25)14-9-10-22-18(21)11-14/h2-12H,1H3,(H,23,26). The van der Waals surface area contributed by atoms with Crippen LogP contribution in [0, 0.1) is 5.95 Å². The quantitative estimate of drug-likeness (QED) is 0.570. The highest BCUT2D eigenvalue weighted by Crippen LogP contribution is 2.26. The van der Waals surface area contributed by atoms with Crippen molar-refractivity contribution in [3.05, 3.63) is 78.4 Å². The van der Waals surface area contributed by atoms with Gasteiger partial charge < -0.3 is 9.88 Å². The summed E-state index contributed by atoms with van der Waals surface area (Å²) in [6.07, 6.45) is 1.41. The van der Waals surface area contributed by atoms with Crippen LogP contribution in [0.15, 0.2) is 66.9 Å². The van der Waals surface area contributed by atoms with Gasteiger partial charge in [-0.3, -0.25) is 4.79 Å². The molecule has 0 aliphatic heterocycles. The second-order valence-electron chi connectivity index (χ2n) is 5.89. The van der Waals surface area contributed by atoms with E-state index in [1.165, 1.54) is 12.3 Å². The van der Waals surface area contributed by atoms with Crippen molar-refractivity contribution in [1.82, 2.24) is 14.5 Å². The average Bonchev–Trinajstić information content (AvgIpc) is 2.99. The van der Waals surface area contributed by atoms with Crippen LogP contribution in [0.5, 0.6) is 0 Å². The Bertz CT molecular complexity index is 1110. The van der Waals surface area contributed by atoms with Crippen LogP contribution in [0.1, 0.15) is 10.4 Å². The highest BCUT2D eigenvalue weighted by Gasteiger charge is 2.12. The van der Waals surface area contributed by atoms with Crippen LogP contribution in [0.4, 0.5) is 10.1 Å². The fourth-order valence-corrected chi connectivity index (χ4v) is 2.86. The summed E-state index contributed by atoms with van der Waals surface area (Å²) in [7, 11) is 1.85. The smallest absolute Gasteiger partial charge is 0.255 e. The van der Waals surface area contributed by atoms with Crippen LogP contribution in [0.2, 0.25) is 0 Å². The van der Waals surface area contributed by atoms with Crippen LogP contribution in [0.3, 0.4) is 0 Å². The first-order chi connectivity index (χ1) is 12.6. The fourth-order valence-electron chi connectivity index (χ4n) is 2.86. The van der Waals surface area contributed by atoms with Gasteiger partial charge in [0, 0.05) is 36.1 Å². The maximum absolute atomic E-state index is 13.4. The molecule has 0 spiro atoms. The molecule has 1 amide bonds. The second kappa shape index (κ2) is 6.40. The number of amides is 1. The number of rotatable bonds is 3. The van der Waals surface area contributed by atoms with Crippen LogP contribution in [0.25, 0.3) is 22.4 Å². The maximum Gasteiger partial charge on any atom is 0.255 e. The second-order valence-corrected chi connectivity index (χ2v) is 5.89. The summed E-state index contributed by atoms with van der Waals surface area (Å²) in [6.45, 7) is 0. The fraction of sp³-hybridized carbons (Fsp3) is 0.0500. The Morgan fingerprint density at radius 3 is 2.65 bits per heavy atom. The minimum Gasteiger partial charge on any atom is -0.327 e. The van der Waals surface area contributed by atoms with E-state index in [-0.39, 0.29) is 5.91 Å². The summed E-state index contributed by atoms with van der Waals surface area (Å²) in [5.74, 6) is -0.0956. The van der Waals surface area contributed by atoms with E-state index in [4.69, 9.17) is 0 Å². The van der Waals surface area contributed by atoms with Gasteiger partial charge in [0.2, 0.25) is 5.95 Å². The molecule has 0 aliphatic rings. The Hall–Kier alpha value is -3.54. The average molecular weight is 346 g/mol. The summed E-state index contributed by atoms with van der Waals surface area (Å²) < 4.78 is 15.3. The number of imidazole rings is 1. The Labute approximate surface area is 149 Å². The molecule has 2 aromatic heterocycles. The first kappa shape index (κ1) is 16.0. The van der Waals surface area contributed by atoms with Crippen molar-refractivity contribution in [3.63, 3.8) is 0 Å². The van der Waals surface area contributed by atoms with E-state index in [1.807, 2.05) is 41.9 Å². The Morgan fingerprint density at radius 1 is 1.08 bits per heavy atom. The number of pyridine rings is 1. The third kappa shape index (κ3) is 2.93. The molecule has 26 heavy (non-hydrogen) atoms. The summed E-state index contributed by atoms with van der Waals surface area (Å²) in [5.41, 5.74) is 3.50. The van der Waals surface area contributed by atoms with Gasteiger partial charge in [-0.05, 0) is 36.4 Å². The van der Waals surface area contributed by atoms with Gasteiger partial charge in [-0.1, -0.05) is 18.2 Å². The molecule has 0 radical (unpaired) electrons. The van der Waals surface area contributed by atoms with Gasteiger partial charge in [-0.15, -0.1) is 0 Å². The van der Waals surface area contributed by atoms with Crippen molar-refractivity contribution in [1.29, 1.82) is 0 Å². The summed E-state index contributed by atoms with van der Waals surface area (Å²) in [5, 5.41) is 2.89. The number of hydrogen-bond acceptors (Lipinski definition) is 3. The topological polar surface area (TPSA) is 59.8 Å². The van der Waals surface area contributed by atoms with Crippen LogP contribution in [-0.2, 0) is 7.05 Å². The van der Waals surface area contributed by atoms with E-state index in [0.717, 1.165) is 11.0 Å². The predicted octanol–water partition coefficient (Wildman–Crippen LogP) is 4.03. The van der Waals surface area contributed by atoms with E-state index in [2.05, 4.69) is 15.3 Å². The van der Waals surface area contributed by atoms with Gasteiger partial charge in [0.15, 0.2) is 0 Å². The molecule has 0 aliphatic carbocycles. The molecule has 1 N–H and O–H groups in total. The van der Waals surface area contributed by atoms with Gasteiger partial charge in [0.05, 0.1) is 11.0 Å². The summed E-state index contributed by atoms with van der Waals surface area (Å²) >= 11 is 0. The predicted molar refractivity (Wildman–Crippen MR) is 98.3 cm³/mol. The van der Waals surface area contributed by atoms with Crippen LogP contribution in [-0.4, -0.2) is 20.4 Å². The van der Waals surface area contributed by atoms with E-state index >= 15 is 0 Å². The molecule has 0 unspecified atom stereocenters. The number of halogens is 1. The van der Waals surface area contributed by atoms with Gasteiger partial charge in [-0.25, -0.2) is 9.97 Å². The third-order valence-corrected chi connectivity index (χ3v) is 4.16. The zero-order valence-electron chi connectivity index (χ0n) is 14.0. The molecule has 0 bridgehead atoms. The highest BCUT2D eigenvalue weighted by atomic mass is 19.1. The number of aromatic nitrogens is 3. The molecule has 2 aromatic carbocycles. The molecule has 2 heterocycles. The molecular weight excluding hydrogens is 331 g/mol. The molecule has 0 atom stereocenters. The molecule has 128 valence electrons. The molecule has 0 saturated carbocycles. The Balaban J connectivity index is 1.69. The van der Waals surface area contributed by atoms with Crippen LogP contribution >= 0.6 is 0 Å². The van der Waals surface area contributed by atoms with E-state index in [0.29, 0.717) is 22.6 Å². The molecule has 6 heteroatoms. The summed E-state index contributed by atoms with van der Waals surface area (Å²) in [4.78, 5) is 20.4. The molecule has 0 saturated heterocycles. The van der Waals surface area contributed by atoms with Gasteiger partial charge >= 0.3 is 0 Å². The number of carbonyl (C=O) groups is 1. The zero-order valence-corrected chi connectivity index (χ0v) is 14.0. The molecule has 5 nitrogen and oxygen atoms in total. The van der Waals surface area contributed by atoms with E-state index in [1.54, 1.807) is 24.3 Å². The normalized spacial score (nSPS) is 10.8. The lowest BCUT2D eigenvalue weighted by molar-refractivity contribution is 0.102. The summed E-state index contributed by atoms with van der Waals surface area (Å²) in [6, 6.07) is 17.6. The SMILES string of the molecule is Cn1c(-c2ccnc(F)c2)nc2ccc(NC(=O)c3ccccc3)cc21. The van der Waals surface area contributed by atoms with Gasteiger partial charge in [0.25, 0.3) is 5.91 Å². The monoisotopic (exact) mass is 346 g/mol. The number of anilines is 1. The lowest BCUT2D eigenvalue weighted by atomic mass is 10.2. The third-order valence-electron chi connectivity index (χ3n) is 4.16. The Kier molecular flexibility index (Phi) is 3.93. The zero-order chi connectivity index (χ0) is 18.1. The van der Waals surface area contributed by atoms with Gasteiger partial charge in [-0.2, -0.15) is 4.39 Å². The first-order valence-corrected chi connectivity index (χ1v) is 8.06. The number of carbonyl (C=O) groups excluding carboxylic acids is 1. The maximum atomic E-state index is 13.4.